The van der Waals surface area contributed by atoms with E-state index in [1.807, 2.05) is 0 Å². The van der Waals surface area contributed by atoms with Crippen LogP contribution in [0.4, 0.5) is 0 Å². The Morgan fingerprint density at radius 3 is 1.14 bits per heavy atom. The Morgan fingerprint density at radius 1 is 1.14 bits per heavy atom. The topological polar surface area (TPSA) is 74.6 Å². The van der Waals surface area contributed by atoms with Crippen molar-refractivity contribution in [1.82, 2.24) is 0 Å². The van der Waals surface area contributed by atoms with Crippen molar-refractivity contribution >= 4 is 13.4 Å². The summed E-state index contributed by atoms with van der Waals surface area (Å²) in [4.78, 5) is 0. The molecule has 0 aliphatic carbocycles. The van der Waals surface area contributed by atoms with Crippen molar-refractivity contribution in [3.8, 4) is 0 Å². The first-order chi connectivity index (χ1) is 2.00. The molecule has 0 amide bonds. The van der Waals surface area contributed by atoms with E-state index in [2.05, 4.69) is 0 Å². The van der Waals surface area contributed by atoms with Crippen LogP contribution in [0, 0.1) is 0 Å². The Balaban J connectivity index is -0.0000000800. The van der Waals surface area contributed by atoms with E-state index in [9.17, 15) is 0 Å². The molecule has 0 radical (unpaired) electrons. The predicted octanol–water partition coefficient (Wildman–Crippen LogP) is -1.74. The van der Waals surface area contributed by atoms with E-state index in [1.54, 1.807) is 0 Å². The number of hydrogen-bond acceptors (Lipinski definition) is 2. The molecule has 0 aliphatic heterocycles. The van der Waals surface area contributed by atoms with Gasteiger partial charge in [0.1, 0.15) is 0 Å². The average Bonchev–Trinajstić information content (AvgIpc) is 0.722. The summed E-state index contributed by atoms with van der Waals surface area (Å²) in [6.45, 7) is 0. The van der Waals surface area contributed by atoms with Crippen LogP contribution in [-0.4, -0.2) is 21.7 Å². The summed E-state index contributed by atoms with van der Waals surface area (Å²) in [7, 11) is 0. The van der Waals surface area contributed by atoms with Crippen LogP contribution in [0.2, 0.25) is 0 Å². The Bertz CT molecular complexity index is 94.9. The maximum absolute atomic E-state index is 8.82. The second-order valence-corrected chi connectivity index (χ2v) is 2.33. The molecular formula is H2HgO4SeZn. The van der Waals surface area contributed by atoms with Gasteiger partial charge in [0.05, 0.1) is 0 Å². The van der Waals surface area contributed by atoms with Crippen LogP contribution in [0.3, 0.4) is 0 Å². The van der Waals surface area contributed by atoms with Crippen molar-refractivity contribution in [1.29, 1.82) is 0 Å². The first-order valence-electron chi connectivity index (χ1n) is 0.698. The van der Waals surface area contributed by atoms with Crippen molar-refractivity contribution in [3.63, 3.8) is 0 Å². The molecule has 7 heavy (non-hydrogen) atoms. The van der Waals surface area contributed by atoms with Gasteiger partial charge in [0.15, 0.2) is 0 Å². The van der Waals surface area contributed by atoms with Gasteiger partial charge in [0.25, 0.3) is 0 Å². The van der Waals surface area contributed by atoms with Crippen LogP contribution in [0.1, 0.15) is 0 Å². The fraction of sp³-hybridized carbons (Fsp3) is 0. The van der Waals surface area contributed by atoms with Crippen molar-refractivity contribution in [3.05, 3.63) is 0 Å². The quantitative estimate of drug-likeness (QED) is 0.465. The summed E-state index contributed by atoms with van der Waals surface area (Å²) in [6, 6.07) is 0. The fourth-order valence-electron chi connectivity index (χ4n) is 0. The van der Waals surface area contributed by atoms with Gasteiger partial charge in [-0.2, -0.15) is 0 Å². The van der Waals surface area contributed by atoms with E-state index in [4.69, 9.17) is 16.0 Å². The number of hydrogen-bond donors (Lipinski definition) is 2. The largest absolute Gasteiger partial charge is 0 e. The molecule has 0 bridgehead atoms. The van der Waals surface area contributed by atoms with Crippen LogP contribution in [-0.2, 0) is 54.8 Å². The van der Waals surface area contributed by atoms with Gasteiger partial charge in [-0.1, -0.05) is 0 Å². The molecule has 4 nitrogen and oxygen atoms in total. The first-order valence-corrected chi connectivity index (χ1v) is 3.63. The van der Waals surface area contributed by atoms with Crippen molar-refractivity contribution in [2.24, 2.45) is 0 Å². The summed E-state index contributed by atoms with van der Waals surface area (Å²) in [5.41, 5.74) is 0. The van der Waals surface area contributed by atoms with E-state index in [0.717, 1.165) is 0 Å². The van der Waals surface area contributed by atoms with Gasteiger partial charge in [-0.3, -0.25) is 0 Å². The van der Waals surface area contributed by atoms with E-state index < -0.39 is 13.4 Å². The third kappa shape index (κ3) is 93.2. The van der Waals surface area contributed by atoms with Gasteiger partial charge in [-0.05, 0) is 0 Å². The molecule has 0 fully saturated rings. The Hall–Kier alpha value is 1.60. The summed E-state index contributed by atoms with van der Waals surface area (Å²) in [6.07, 6.45) is 0. The molecule has 0 heterocycles. The summed E-state index contributed by atoms with van der Waals surface area (Å²) < 4.78 is 31.9. The number of rotatable bonds is 0. The van der Waals surface area contributed by atoms with Gasteiger partial charge in [0.2, 0.25) is 0 Å². The second kappa shape index (κ2) is 5.73. The minimum Gasteiger partial charge on any atom is 0 e. The molecule has 0 atom stereocenters. The molecule has 0 rings (SSSR count). The second-order valence-electron chi connectivity index (χ2n) is 0.448. The Labute approximate surface area is 75.8 Å². The van der Waals surface area contributed by atoms with Gasteiger partial charge in [0, 0.05) is 47.1 Å². The van der Waals surface area contributed by atoms with E-state index in [1.165, 1.54) is 0 Å². The zero-order valence-electron chi connectivity index (χ0n) is 3.53. The third-order valence-corrected chi connectivity index (χ3v) is 0. The molecule has 0 aromatic carbocycles. The normalized spacial score (nSPS) is 8.29. The molecule has 0 aliphatic rings. The molecule has 2 N–H and O–H groups in total. The van der Waals surface area contributed by atoms with Crippen LogP contribution in [0.15, 0.2) is 0 Å². The SMILES string of the molecule is O=[Se](=O)(O)O.[Hg].[Zn]. The van der Waals surface area contributed by atoms with Crippen LogP contribution < -0.4 is 0 Å². The van der Waals surface area contributed by atoms with Gasteiger partial charge < -0.3 is 0 Å². The standard InChI is InChI=1S/Hg.H2O4Se.Zn/c;1-5(2,3)4;/h;(H2,1,2,3,4);. The van der Waals surface area contributed by atoms with E-state index in [0.29, 0.717) is 0 Å². The van der Waals surface area contributed by atoms with Gasteiger partial charge >= 0.3 is 29.4 Å². The predicted molar refractivity (Wildman–Crippen MR) is 11.6 cm³/mol. The molecule has 7 heteroatoms. The van der Waals surface area contributed by atoms with E-state index >= 15 is 0 Å². The van der Waals surface area contributed by atoms with E-state index in [-0.39, 0.29) is 47.1 Å². The van der Waals surface area contributed by atoms with Crippen molar-refractivity contribution < 1.29 is 63.2 Å². The first kappa shape index (κ1) is 15.8. The van der Waals surface area contributed by atoms with Crippen LogP contribution >= 0.6 is 0 Å². The zero-order chi connectivity index (χ0) is 4.50. The maximum atomic E-state index is 8.82. The minimum absolute atomic E-state index is 0. The smallest absolute Gasteiger partial charge is 0 e. The summed E-state index contributed by atoms with van der Waals surface area (Å²) >= 11 is -5.25. The molecule has 36 valence electrons. The molecule has 0 spiro atoms. The van der Waals surface area contributed by atoms with Crippen molar-refractivity contribution in [2.75, 3.05) is 0 Å². The summed E-state index contributed by atoms with van der Waals surface area (Å²) in [5.74, 6) is 0. The molecule has 0 saturated carbocycles. The monoisotopic (exact) mass is 412 g/mol. The molecule has 0 saturated heterocycles. The van der Waals surface area contributed by atoms with Gasteiger partial charge in [-0.25, -0.2) is 0 Å². The zero-order valence-corrected chi connectivity index (χ0v) is 13.7. The minimum atomic E-state index is -5.25. The summed E-state index contributed by atoms with van der Waals surface area (Å²) in [5, 5.41) is 0. The van der Waals surface area contributed by atoms with Crippen LogP contribution in [0.25, 0.3) is 0 Å². The Kier molecular flexibility index (Phi) is 13.0. The Morgan fingerprint density at radius 2 is 1.14 bits per heavy atom. The van der Waals surface area contributed by atoms with Crippen molar-refractivity contribution in [2.45, 2.75) is 0 Å². The molecule has 0 unspecified atom stereocenters. The van der Waals surface area contributed by atoms with Crippen LogP contribution in [0.5, 0.6) is 0 Å². The fourth-order valence-corrected chi connectivity index (χ4v) is 0. The molecule has 0 aromatic heterocycles. The van der Waals surface area contributed by atoms with Gasteiger partial charge in [-0.15, -0.1) is 0 Å². The third-order valence-electron chi connectivity index (χ3n) is 0. The maximum Gasteiger partial charge on any atom is 0 e. The average molecular weight is 411 g/mol. The molecule has 0 aromatic rings. The molecular weight excluding hydrogens is 409 g/mol.